The molecule has 0 aliphatic carbocycles. The molecule has 0 spiro atoms. The Morgan fingerprint density at radius 3 is 2.45 bits per heavy atom. The smallest absolute Gasteiger partial charge is 0.191 e. The van der Waals surface area contributed by atoms with Crippen LogP contribution in [0, 0.1) is 20.8 Å². The molecule has 2 aromatic rings. The Kier molecular flexibility index (Phi) is 5.64. The van der Waals surface area contributed by atoms with Crippen LogP contribution in [0.4, 0.5) is 0 Å². The van der Waals surface area contributed by atoms with Crippen LogP contribution in [-0.2, 0) is 13.0 Å². The highest BCUT2D eigenvalue weighted by Crippen LogP contribution is 2.15. The van der Waals surface area contributed by atoms with Gasteiger partial charge in [0.1, 0.15) is 5.76 Å². The van der Waals surface area contributed by atoms with Crippen LogP contribution in [0.15, 0.2) is 39.9 Å². The second-order valence-corrected chi connectivity index (χ2v) is 5.56. The molecule has 22 heavy (non-hydrogen) atoms. The third kappa shape index (κ3) is 4.38. The maximum atomic E-state index is 5.32. The van der Waals surface area contributed by atoms with Crippen LogP contribution < -0.4 is 10.6 Å². The van der Waals surface area contributed by atoms with Crippen molar-refractivity contribution in [3.05, 3.63) is 58.5 Å². The summed E-state index contributed by atoms with van der Waals surface area (Å²) in [4.78, 5) is 4.26. The summed E-state index contributed by atoms with van der Waals surface area (Å²) in [6.45, 7) is 8.01. The lowest BCUT2D eigenvalue weighted by atomic mass is 10.00. The number of rotatable bonds is 5. The highest BCUT2D eigenvalue weighted by molar-refractivity contribution is 5.79. The number of hydrogen-bond acceptors (Lipinski definition) is 2. The van der Waals surface area contributed by atoms with Gasteiger partial charge in [0.2, 0.25) is 0 Å². The zero-order chi connectivity index (χ0) is 15.9. The number of furan rings is 1. The minimum Gasteiger partial charge on any atom is -0.469 e. The largest absolute Gasteiger partial charge is 0.469 e. The van der Waals surface area contributed by atoms with Gasteiger partial charge in [0.15, 0.2) is 5.96 Å². The van der Waals surface area contributed by atoms with E-state index >= 15 is 0 Å². The van der Waals surface area contributed by atoms with Crippen LogP contribution in [0.5, 0.6) is 0 Å². The van der Waals surface area contributed by atoms with Gasteiger partial charge in [-0.2, -0.15) is 0 Å². The molecule has 1 aromatic heterocycles. The summed E-state index contributed by atoms with van der Waals surface area (Å²) in [5.74, 6) is 1.79. The number of nitrogens with one attached hydrogen (secondary N) is 2. The predicted octanol–water partition coefficient (Wildman–Crippen LogP) is 3.11. The quantitative estimate of drug-likeness (QED) is 0.659. The molecule has 0 unspecified atom stereocenters. The molecule has 0 aliphatic rings. The van der Waals surface area contributed by atoms with E-state index in [1.54, 1.807) is 13.3 Å². The van der Waals surface area contributed by atoms with E-state index in [1.807, 2.05) is 12.1 Å². The molecule has 0 fully saturated rings. The van der Waals surface area contributed by atoms with E-state index in [-0.39, 0.29) is 0 Å². The highest BCUT2D eigenvalue weighted by atomic mass is 16.3. The maximum absolute atomic E-state index is 5.32. The van der Waals surface area contributed by atoms with Crippen molar-refractivity contribution in [1.82, 2.24) is 10.6 Å². The Bertz CT molecular complexity index is 607. The molecule has 0 bridgehead atoms. The molecule has 0 radical (unpaired) electrons. The van der Waals surface area contributed by atoms with Crippen LogP contribution in [0.25, 0.3) is 0 Å². The van der Waals surface area contributed by atoms with E-state index in [0.717, 1.165) is 31.2 Å². The molecule has 2 rings (SSSR count). The third-order valence-electron chi connectivity index (χ3n) is 3.74. The topological polar surface area (TPSA) is 49.6 Å². The van der Waals surface area contributed by atoms with Gasteiger partial charge >= 0.3 is 0 Å². The summed E-state index contributed by atoms with van der Waals surface area (Å²) in [6.07, 6.45) is 2.54. The Labute approximate surface area is 132 Å². The standard InChI is InChI=1S/C18H25N3O/c1-13-10-14(2)17(15(3)11-13)12-21-18(19-4)20-8-7-16-6-5-9-22-16/h5-6,9-11H,7-8,12H2,1-4H3,(H2,19,20,21). The fourth-order valence-electron chi connectivity index (χ4n) is 2.64. The fraction of sp³-hybridized carbons (Fsp3) is 0.389. The van der Waals surface area contributed by atoms with Crippen molar-refractivity contribution in [2.45, 2.75) is 33.7 Å². The van der Waals surface area contributed by atoms with Crippen LogP contribution in [0.2, 0.25) is 0 Å². The Balaban J connectivity index is 1.86. The maximum Gasteiger partial charge on any atom is 0.191 e. The first kappa shape index (κ1) is 16.1. The van der Waals surface area contributed by atoms with Crippen molar-refractivity contribution in [3.8, 4) is 0 Å². The van der Waals surface area contributed by atoms with Crippen molar-refractivity contribution in [1.29, 1.82) is 0 Å². The minimum absolute atomic E-state index is 0.776. The van der Waals surface area contributed by atoms with Gasteiger partial charge < -0.3 is 15.1 Å². The van der Waals surface area contributed by atoms with Crippen molar-refractivity contribution >= 4 is 5.96 Å². The molecule has 118 valence electrons. The Hall–Kier alpha value is -2.23. The van der Waals surface area contributed by atoms with Crippen molar-refractivity contribution in [2.24, 2.45) is 4.99 Å². The molecule has 1 aromatic carbocycles. The van der Waals surface area contributed by atoms with Gasteiger partial charge in [-0.05, 0) is 49.6 Å². The number of guanidine groups is 1. The van der Waals surface area contributed by atoms with Gasteiger partial charge in [0.25, 0.3) is 0 Å². The second kappa shape index (κ2) is 7.69. The lowest BCUT2D eigenvalue weighted by Crippen LogP contribution is -2.38. The molecular formula is C18H25N3O. The zero-order valence-corrected chi connectivity index (χ0v) is 13.9. The van der Waals surface area contributed by atoms with Crippen LogP contribution in [0.1, 0.15) is 28.0 Å². The van der Waals surface area contributed by atoms with Crippen molar-refractivity contribution < 1.29 is 4.42 Å². The zero-order valence-electron chi connectivity index (χ0n) is 13.9. The molecule has 0 saturated carbocycles. The lowest BCUT2D eigenvalue weighted by molar-refractivity contribution is 0.507. The van der Waals surface area contributed by atoms with E-state index in [2.05, 4.69) is 48.5 Å². The van der Waals surface area contributed by atoms with Crippen molar-refractivity contribution in [3.63, 3.8) is 0 Å². The van der Waals surface area contributed by atoms with Gasteiger partial charge in [-0.25, -0.2) is 0 Å². The van der Waals surface area contributed by atoms with Gasteiger partial charge in [-0.1, -0.05) is 17.7 Å². The molecular weight excluding hydrogens is 274 g/mol. The number of aliphatic imine (C=N–C) groups is 1. The normalized spacial score (nSPS) is 11.5. The SMILES string of the molecule is CN=C(NCCc1ccco1)NCc1c(C)cc(C)cc1C. The molecule has 2 N–H and O–H groups in total. The highest BCUT2D eigenvalue weighted by Gasteiger charge is 2.05. The summed E-state index contributed by atoms with van der Waals surface area (Å²) < 4.78 is 5.32. The molecule has 0 amide bonds. The predicted molar refractivity (Wildman–Crippen MR) is 91.3 cm³/mol. The average molecular weight is 299 g/mol. The van der Waals surface area contributed by atoms with E-state index in [4.69, 9.17) is 4.42 Å². The number of nitrogens with zero attached hydrogens (tertiary/aromatic N) is 1. The van der Waals surface area contributed by atoms with Crippen LogP contribution in [-0.4, -0.2) is 19.6 Å². The van der Waals surface area contributed by atoms with E-state index in [1.165, 1.54) is 22.3 Å². The first-order chi connectivity index (χ1) is 10.6. The summed E-state index contributed by atoms with van der Waals surface area (Å²) in [5, 5.41) is 6.68. The minimum atomic E-state index is 0.776. The van der Waals surface area contributed by atoms with Crippen molar-refractivity contribution in [2.75, 3.05) is 13.6 Å². The third-order valence-corrected chi connectivity index (χ3v) is 3.74. The summed E-state index contributed by atoms with van der Waals surface area (Å²) in [7, 11) is 1.79. The number of aryl methyl sites for hydroxylation is 3. The molecule has 4 nitrogen and oxygen atoms in total. The average Bonchev–Trinajstić information content (AvgIpc) is 2.97. The molecule has 4 heteroatoms. The Morgan fingerprint density at radius 2 is 1.86 bits per heavy atom. The summed E-state index contributed by atoms with van der Waals surface area (Å²) in [5.41, 5.74) is 5.27. The van der Waals surface area contributed by atoms with E-state index in [9.17, 15) is 0 Å². The first-order valence-electron chi connectivity index (χ1n) is 7.63. The first-order valence-corrected chi connectivity index (χ1v) is 7.63. The number of hydrogen-bond donors (Lipinski definition) is 2. The van der Waals surface area contributed by atoms with Crippen LogP contribution in [0.3, 0.4) is 0 Å². The van der Waals surface area contributed by atoms with E-state index < -0.39 is 0 Å². The van der Waals surface area contributed by atoms with Crippen LogP contribution >= 0.6 is 0 Å². The lowest BCUT2D eigenvalue weighted by Gasteiger charge is -2.15. The summed E-state index contributed by atoms with van der Waals surface area (Å²) >= 11 is 0. The number of benzene rings is 1. The summed E-state index contributed by atoms with van der Waals surface area (Å²) in [6, 6.07) is 8.33. The van der Waals surface area contributed by atoms with E-state index in [0.29, 0.717) is 0 Å². The van der Waals surface area contributed by atoms with Gasteiger partial charge in [0.05, 0.1) is 6.26 Å². The fourth-order valence-corrected chi connectivity index (χ4v) is 2.64. The molecule has 0 atom stereocenters. The monoisotopic (exact) mass is 299 g/mol. The van der Waals surface area contributed by atoms with Gasteiger partial charge in [-0.15, -0.1) is 0 Å². The van der Waals surface area contributed by atoms with Gasteiger partial charge in [-0.3, -0.25) is 4.99 Å². The molecule has 0 aliphatic heterocycles. The van der Waals surface area contributed by atoms with Gasteiger partial charge in [0, 0.05) is 26.6 Å². The molecule has 1 heterocycles. The molecule has 0 saturated heterocycles. The Morgan fingerprint density at radius 1 is 1.14 bits per heavy atom. The second-order valence-electron chi connectivity index (χ2n) is 5.56.